The second-order valence-corrected chi connectivity index (χ2v) is 7.04. The number of ether oxygens (including phenoxy) is 2. The van der Waals surface area contributed by atoms with E-state index in [4.69, 9.17) is 21.7 Å². The third-order valence-corrected chi connectivity index (χ3v) is 4.27. The highest BCUT2D eigenvalue weighted by molar-refractivity contribution is 9.10. The van der Waals surface area contributed by atoms with Gasteiger partial charge < -0.3 is 14.8 Å². The lowest BCUT2D eigenvalue weighted by Gasteiger charge is -2.12. The predicted octanol–water partition coefficient (Wildman–Crippen LogP) is 5.15. The summed E-state index contributed by atoms with van der Waals surface area (Å²) < 4.78 is 11.9. The molecule has 0 spiro atoms. The Morgan fingerprint density at radius 1 is 1.07 bits per heavy atom. The maximum Gasteiger partial charge on any atom is 0.257 e. The number of hydrogen-bond acceptors (Lipinski definition) is 4. The fourth-order valence-corrected chi connectivity index (χ4v) is 2.90. The highest BCUT2D eigenvalue weighted by Gasteiger charge is 2.11. The largest absolute Gasteiger partial charge is 0.494 e. The number of halogens is 1. The Balaban J connectivity index is 1.95. The van der Waals surface area contributed by atoms with Crippen molar-refractivity contribution in [2.24, 2.45) is 0 Å². The van der Waals surface area contributed by atoms with Gasteiger partial charge in [0.25, 0.3) is 5.91 Å². The lowest BCUT2D eigenvalue weighted by Crippen LogP contribution is -2.34. The molecule has 27 heavy (non-hydrogen) atoms. The molecule has 0 saturated carbocycles. The number of nitrogens with one attached hydrogen (secondary N) is 2. The van der Waals surface area contributed by atoms with Crippen LogP contribution in [0.15, 0.2) is 46.9 Å². The minimum absolute atomic E-state index is 0.218. The molecule has 0 atom stereocenters. The summed E-state index contributed by atoms with van der Waals surface area (Å²) in [7, 11) is 0. The van der Waals surface area contributed by atoms with E-state index in [1.165, 1.54) is 0 Å². The van der Waals surface area contributed by atoms with Crippen LogP contribution in [-0.4, -0.2) is 24.2 Å². The zero-order valence-corrected chi connectivity index (χ0v) is 17.8. The number of benzene rings is 2. The Morgan fingerprint density at radius 2 is 1.81 bits per heavy atom. The van der Waals surface area contributed by atoms with E-state index in [9.17, 15) is 4.79 Å². The molecule has 0 unspecified atom stereocenters. The summed E-state index contributed by atoms with van der Waals surface area (Å²) in [6.45, 7) is 5.36. The van der Waals surface area contributed by atoms with Crippen molar-refractivity contribution in [3.8, 4) is 11.5 Å². The van der Waals surface area contributed by atoms with E-state index in [2.05, 4.69) is 26.6 Å². The highest BCUT2D eigenvalue weighted by Crippen LogP contribution is 2.26. The molecule has 0 radical (unpaired) electrons. The molecule has 0 aliphatic heterocycles. The molecule has 0 aliphatic rings. The van der Waals surface area contributed by atoms with Crippen molar-refractivity contribution in [2.75, 3.05) is 18.5 Å². The molecule has 0 aliphatic carbocycles. The van der Waals surface area contributed by atoms with Crippen molar-refractivity contribution in [1.82, 2.24) is 5.32 Å². The molecule has 0 bridgehead atoms. The van der Waals surface area contributed by atoms with Crippen LogP contribution in [0.4, 0.5) is 5.69 Å². The first-order valence-electron chi connectivity index (χ1n) is 8.81. The summed E-state index contributed by atoms with van der Waals surface area (Å²) in [6.07, 6.45) is 1.85. The maximum absolute atomic E-state index is 12.4. The molecule has 2 N–H and O–H groups in total. The van der Waals surface area contributed by atoms with Gasteiger partial charge in [-0.15, -0.1) is 0 Å². The third-order valence-electron chi connectivity index (χ3n) is 3.45. The van der Waals surface area contributed by atoms with Crippen molar-refractivity contribution in [1.29, 1.82) is 0 Å². The van der Waals surface area contributed by atoms with E-state index in [0.29, 0.717) is 24.5 Å². The maximum atomic E-state index is 12.4. The van der Waals surface area contributed by atoms with Gasteiger partial charge >= 0.3 is 0 Å². The summed E-state index contributed by atoms with van der Waals surface area (Å²) >= 11 is 8.67. The van der Waals surface area contributed by atoms with Gasteiger partial charge in [-0.05, 0) is 71.3 Å². The van der Waals surface area contributed by atoms with Gasteiger partial charge in [-0.3, -0.25) is 10.1 Å². The van der Waals surface area contributed by atoms with Gasteiger partial charge in [0, 0.05) is 17.3 Å². The van der Waals surface area contributed by atoms with Crippen molar-refractivity contribution in [3.05, 3.63) is 52.5 Å². The second kappa shape index (κ2) is 10.9. The lowest BCUT2D eigenvalue weighted by molar-refractivity contribution is 0.0977. The van der Waals surface area contributed by atoms with Gasteiger partial charge in [0.1, 0.15) is 11.5 Å². The number of hydrogen-bond donors (Lipinski definition) is 2. The minimum atomic E-state index is -0.298. The first kappa shape index (κ1) is 21.2. The van der Waals surface area contributed by atoms with E-state index in [-0.39, 0.29) is 11.0 Å². The van der Waals surface area contributed by atoms with Crippen molar-refractivity contribution >= 4 is 44.9 Å². The molecule has 0 aromatic heterocycles. The van der Waals surface area contributed by atoms with Gasteiger partial charge in [0.05, 0.1) is 17.7 Å². The average Bonchev–Trinajstić information content (AvgIpc) is 2.65. The van der Waals surface area contributed by atoms with Crippen LogP contribution >= 0.6 is 28.1 Å². The second-order valence-electron chi connectivity index (χ2n) is 5.78. The molecule has 2 aromatic carbocycles. The van der Waals surface area contributed by atoms with Crippen molar-refractivity contribution < 1.29 is 14.3 Å². The predicted molar refractivity (Wildman–Crippen MR) is 116 cm³/mol. The Morgan fingerprint density at radius 3 is 2.52 bits per heavy atom. The molecule has 0 fully saturated rings. The van der Waals surface area contributed by atoms with Crippen LogP contribution < -0.4 is 20.1 Å². The quantitative estimate of drug-likeness (QED) is 0.544. The number of amides is 1. The smallest absolute Gasteiger partial charge is 0.257 e. The molecule has 5 nitrogen and oxygen atoms in total. The number of carbonyl (C=O) groups excluding carboxylic acids is 1. The zero-order chi connectivity index (χ0) is 19.6. The fraction of sp³-hybridized carbons (Fsp3) is 0.300. The summed E-state index contributed by atoms with van der Waals surface area (Å²) in [5, 5.41) is 5.89. The van der Waals surface area contributed by atoms with Crippen molar-refractivity contribution in [3.63, 3.8) is 0 Å². The Bertz CT molecular complexity index is 799. The summed E-state index contributed by atoms with van der Waals surface area (Å²) in [5.41, 5.74) is 1.23. The van der Waals surface area contributed by atoms with Gasteiger partial charge in [-0.1, -0.05) is 19.9 Å². The van der Waals surface area contributed by atoms with Crippen LogP contribution in [0.5, 0.6) is 11.5 Å². The monoisotopic (exact) mass is 450 g/mol. The van der Waals surface area contributed by atoms with E-state index < -0.39 is 0 Å². The van der Waals surface area contributed by atoms with E-state index >= 15 is 0 Å². The SMILES string of the molecule is CCCOc1cccc(NC(=S)NC(=O)c2ccc(OCCC)c(Br)c2)c1. The Hall–Kier alpha value is -2.12. The Kier molecular flexibility index (Phi) is 8.54. The standard InChI is InChI=1S/C20H23BrN2O3S/c1-3-10-25-16-7-5-6-15(13-16)22-20(27)23-19(24)14-8-9-18(17(21)12-14)26-11-4-2/h5-9,12-13H,3-4,10-11H2,1-2H3,(H2,22,23,24,27). The van der Waals surface area contributed by atoms with Crippen LogP contribution in [0.25, 0.3) is 0 Å². The molecule has 2 rings (SSSR count). The third kappa shape index (κ3) is 6.84. The first-order chi connectivity index (χ1) is 13.0. The molecule has 7 heteroatoms. The van der Waals surface area contributed by atoms with E-state index in [1.54, 1.807) is 18.2 Å². The van der Waals surface area contributed by atoms with Crippen LogP contribution in [0.3, 0.4) is 0 Å². The number of anilines is 1. The summed E-state index contributed by atoms with van der Waals surface area (Å²) in [6, 6.07) is 12.6. The number of carbonyl (C=O) groups is 1. The highest BCUT2D eigenvalue weighted by atomic mass is 79.9. The molecule has 144 valence electrons. The van der Waals surface area contributed by atoms with Gasteiger partial charge in [0.15, 0.2) is 5.11 Å². The number of thiocarbonyl (C=S) groups is 1. The van der Waals surface area contributed by atoms with E-state index in [1.807, 2.05) is 38.1 Å². The average molecular weight is 451 g/mol. The summed E-state index contributed by atoms with van der Waals surface area (Å²) in [4.78, 5) is 12.4. The van der Waals surface area contributed by atoms with E-state index in [0.717, 1.165) is 28.8 Å². The summed E-state index contributed by atoms with van der Waals surface area (Å²) in [5.74, 6) is 1.16. The lowest BCUT2D eigenvalue weighted by atomic mass is 10.2. The van der Waals surface area contributed by atoms with Crippen LogP contribution in [0.1, 0.15) is 37.0 Å². The van der Waals surface area contributed by atoms with Crippen molar-refractivity contribution in [2.45, 2.75) is 26.7 Å². The molecular weight excluding hydrogens is 428 g/mol. The van der Waals surface area contributed by atoms with Crippen LogP contribution in [0.2, 0.25) is 0 Å². The topological polar surface area (TPSA) is 59.6 Å². The molecule has 2 aromatic rings. The molecule has 0 saturated heterocycles. The molecular formula is C20H23BrN2O3S. The molecule has 1 amide bonds. The number of rotatable bonds is 8. The zero-order valence-electron chi connectivity index (χ0n) is 15.4. The first-order valence-corrected chi connectivity index (χ1v) is 10.0. The van der Waals surface area contributed by atoms with Gasteiger partial charge in [0.2, 0.25) is 0 Å². The minimum Gasteiger partial charge on any atom is -0.494 e. The van der Waals surface area contributed by atoms with Gasteiger partial charge in [-0.25, -0.2) is 0 Å². The van der Waals surface area contributed by atoms with Gasteiger partial charge in [-0.2, -0.15) is 0 Å². The molecule has 0 heterocycles. The van der Waals surface area contributed by atoms with Crippen LogP contribution in [-0.2, 0) is 0 Å². The Labute approximate surface area is 173 Å². The fourth-order valence-electron chi connectivity index (χ4n) is 2.19. The van der Waals surface area contributed by atoms with Crippen LogP contribution in [0, 0.1) is 0 Å². The normalized spacial score (nSPS) is 10.2.